The molecule has 0 heterocycles. The van der Waals surface area contributed by atoms with E-state index in [1.807, 2.05) is 6.07 Å². The number of ketones is 1. The molecule has 0 saturated carbocycles. The highest BCUT2D eigenvalue weighted by Crippen LogP contribution is 2.23. The van der Waals surface area contributed by atoms with Gasteiger partial charge in [0, 0.05) is 17.5 Å². The van der Waals surface area contributed by atoms with Crippen molar-refractivity contribution in [2.24, 2.45) is 0 Å². The van der Waals surface area contributed by atoms with Crippen LogP contribution in [-0.4, -0.2) is 39.6 Å². The van der Waals surface area contributed by atoms with Crippen LogP contribution in [0.15, 0.2) is 54.6 Å². The minimum absolute atomic E-state index is 0.0352. The minimum Gasteiger partial charge on any atom is -0.465 e. The second-order valence-corrected chi connectivity index (χ2v) is 7.70. The van der Waals surface area contributed by atoms with Gasteiger partial charge in [0.2, 0.25) is 0 Å². The summed E-state index contributed by atoms with van der Waals surface area (Å²) in [7, 11) is -3.50. The van der Waals surface area contributed by atoms with Gasteiger partial charge >= 0.3 is 5.97 Å². The SMILES string of the molecule is C[C@H](C(=O)OCCCOS(C)(=O)=O)c1ccccc1C(=O)c1ccccc1. The van der Waals surface area contributed by atoms with Crippen LogP contribution in [0.5, 0.6) is 0 Å². The topological polar surface area (TPSA) is 86.7 Å². The summed E-state index contributed by atoms with van der Waals surface area (Å²) in [5.74, 6) is -1.28. The summed E-state index contributed by atoms with van der Waals surface area (Å²) in [6.07, 6.45) is 1.22. The van der Waals surface area contributed by atoms with E-state index in [0.29, 0.717) is 16.7 Å². The van der Waals surface area contributed by atoms with Gasteiger partial charge in [-0.3, -0.25) is 13.8 Å². The zero-order valence-electron chi connectivity index (χ0n) is 15.3. The summed E-state index contributed by atoms with van der Waals surface area (Å²) in [6.45, 7) is 1.66. The summed E-state index contributed by atoms with van der Waals surface area (Å²) >= 11 is 0. The van der Waals surface area contributed by atoms with Gasteiger partial charge in [0.15, 0.2) is 5.78 Å². The van der Waals surface area contributed by atoms with Gasteiger partial charge < -0.3 is 4.74 Å². The molecule has 27 heavy (non-hydrogen) atoms. The first-order valence-corrected chi connectivity index (χ1v) is 10.3. The molecule has 144 valence electrons. The van der Waals surface area contributed by atoms with Crippen molar-refractivity contribution >= 4 is 21.9 Å². The van der Waals surface area contributed by atoms with Crippen molar-refractivity contribution in [3.63, 3.8) is 0 Å². The van der Waals surface area contributed by atoms with E-state index in [-0.39, 0.29) is 25.4 Å². The molecule has 0 fully saturated rings. The van der Waals surface area contributed by atoms with Crippen molar-refractivity contribution in [2.75, 3.05) is 19.5 Å². The Morgan fingerprint density at radius 1 is 0.963 bits per heavy atom. The van der Waals surface area contributed by atoms with E-state index in [0.717, 1.165) is 6.26 Å². The van der Waals surface area contributed by atoms with Gasteiger partial charge in [0.1, 0.15) is 0 Å². The van der Waals surface area contributed by atoms with Crippen molar-refractivity contribution in [3.05, 3.63) is 71.3 Å². The lowest BCUT2D eigenvalue weighted by Gasteiger charge is -2.15. The Morgan fingerprint density at radius 2 is 1.59 bits per heavy atom. The summed E-state index contributed by atoms with van der Waals surface area (Å²) < 4.78 is 31.5. The average molecular weight is 390 g/mol. The van der Waals surface area contributed by atoms with Crippen LogP contribution < -0.4 is 0 Å². The predicted octanol–water partition coefficient (Wildman–Crippen LogP) is 2.93. The number of hydrogen-bond acceptors (Lipinski definition) is 6. The Balaban J connectivity index is 2.03. The monoisotopic (exact) mass is 390 g/mol. The lowest BCUT2D eigenvalue weighted by molar-refractivity contribution is -0.145. The molecule has 0 aliphatic rings. The normalized spacial score (nSPS) is 12.4. The standard InChI is InChI=1S/C20H22O6S/c1-15(20(22)25-13-8-14-26-27(2,23)24)17-11-6-7-12-18(17)19(21)16-9-4-3-5-10-16/h3-7,9-12,15H,8,13-14H2,1-2H3/t15-/m0/s1. The number of hydrogen-bond donors (Lipinski definition) is 0. The number of carbonyl (C=O) groups excluding carboxylic acids is 2. The predicted molar refractivity (Wildman–Crippen MR) is 101 cm³/mol. The fourth-order valence-electron chi connectivity index (χ4n) is 2.52. The highest BCUT2D eigenvalue weighted by atomic mass is 32.2. The number of carbonyl (C=O) groups is 2. The molecule has 0 saturated heterocycles. The van der Waals surface area contributed by atoms with Crippen LogP contribution >= 0.6 is 0 Å². The smallest absolute Gasteiger partial charge is 0.313 e. The Hall–Kier alpha value is -2.51. The van der Waals surface area contributed by atoms with E-state index in [9.17, 15) is 18.0 Å². The third kappa shape index (κ3) is 6.30. The molecule has 7 heteroatoms. The highest BCUT2D eigenvalue weighted by molar-refractivity contribution is 7.85. The molecule has 1 atom stereocenters. The summed E-state index contributed by atoms with van der Waals surface area (Å²) in [5.41, 5.74) is 1.58. The molecule has 0 spiro atoms. The fourth-order valence-corrected chi connectivity index (χ4v) is 2.94. The van der Waals surface area contributed by atoms with Crippen LogP contribution in [-0.2, 0) is 23.8 Å². The third-order valence-corrected chi connectivity index (χ3v) is 4.49. The third-order valence-electron chi connectivity index (χ3n) is 3.89. The van der Waals surface area contributed by atoms with Gasteiger partial charge in [0.05, 0.1) is 25.4 Å². The van der Waals surface area contributed by atoms with Crippen molar-refractivity contribution < 1.29 is 26.9 Å². The zero-order chi connectivity index (χ0) is 19.9. The lowest BCUT2D eigenvalue weighted by atomic mass is 9.91. The number of benzene rings is 2. The van der Waals surface area contributed by atoms with Crippen LogP contribution in [0.4, 0.5) is 0 Å². The van der Waals surface area contributed by atoms with Crippen molar-refractivity contribution in [1.82, 2.24) is 0 Å². The maximum Gasteiger partial charge on any atom is 0.313 e. The van der Waals surface area contributed by atoms with Crippen molar-refractivity contribution in [2.45, 2.75) is 19.3 Å². The molecule has 0 aliphatic carbocycles. The first kappa shape index (κ1) is 20.8. The first-order valence-electron chi connectivity index (χ1n) is 8.49. The molecule has 0 radical (unpaired) electrons. The van der Waals surface area contributed by atoms with E-state index >= 15 is 0 Å². The highest BCUT2D eigenvalue weighted by Gasteiger charge is 2.23. The zero-order valence-corrected chi connectivity index (χ0v) is 16.1. The Morgan fingerprint density at radius 3 is 2.26 bits per heavy atom. The molecule has 0 bridgehead atoms. The van der Waals surface area contributed by atoms with E-state index < -0.39 is 22.0 Å². The molecule has 0 N–H and O–H groups in total. The number of esters is 1. The minimum atomic E-state index is -3.50. The maximum atomic E-state index is 12.8. The van der Waals surface area contributed by atoms with E-state index in [1.54, 1.807) is 55.5 Å². The fraction of sp³-hybridized carbons (Fsp3) is 0.300. The van der Waals surface area contributed by atoms with Gasteiger partial charge in [-0.15, -0.1) is 0 Å². The molecule has 0 aromatic heterocycles. The summed E-state index contributed by atoms with van der Waals surface area (Å²) in [5, 5.41) is 0. The molecule has 2 rings (SSSR count). The van der Waals surface area contributed by atoms with Crippen LogP contribution in [0, 0.1) is 0 Å². The number of ether oxygens (including phenoxy) is 1. The molecule has 2 aromatic rings. The lowest BCUT2D eigenvalue weighted by Crippen LogP contribution is -2.18. The Kier molecular flexibility index (Phi) is 7.27. The Bertz CT molecular complexity index is 890. The number of rotatable bonds is 9. The van der Waals surface area contributed by atoms with Crippen LogP contribution in [0.1, 0.15) is 40.7 Å². The average Bonchev–Trinajstić information content (AvgIpc) is 2.66. The van der Waals surface area contributed by atoms with Crippen molar-refractivity contribution in [1.29, 1.82) is 0 Å². The first-order chi connectivity index (χ1) is 12.8. The molecule has 0 amide bonds. The van der Waals surface area contributed by atoms with E-state index in [4.69, 9.17) is 4.74 Å². The second kappa shape index (κ2) is 9.43. The largest absolute Gasteiger partial charge is 0.465 e. The molecule has 0 aliphatic heterocycles. The summed E-state index contributed by atoms with van der Waals surface area (Å²) in [4.78, 5) is 25.1. The van der Waals surface area contributed by atoms with Gasteiger partial charge in [-0.2, -0.15) is 8.42 Å². The molecule has 2 aromatic carbocycles. The van der Waals surface area contributed by atoms with Crippen molar-refractivity contribution in [3.8, 4) is 0 Å². The quantitative estimate of drug-likeness (QED) is 0.283. The summed E-state index contributed by atoms with van der Waals surface area (Å²) in [6, 6.07) is 15.8. The van der Waals surface area contributed by atoms with E-state index in [2.05, 4.69) is 4.18 Å². The second-order valence-electron chi connectivity index (χ2n) is 6.05. The van der Waals surface area contributed by atoms with Gasteiger partial charge in [-0.05, 0) is 12.5 Å². The van der Waals surface area contributed by atoms with E-state index in [1.165, 1.54) is 0 Å². The molecular weight excluding hydrogens is 368 g/mol. The van der Waals surface area contributed by atoms with Crippen LogP contribution in [0.2, 0.25) is 0 Å². The van der Waals surface area contributed by atoms with Gasteiger partial charge in [-0.25, -0.2) is 0 Å². The molecule has 0 unspecified atom stereocenters. The van der Waals surface area contributed by atoms with Crippen LogP contribution in [0.25, 0.3) is 0 Å². The van der Waals surface area contributed by atoms with Gasteiger partial charge in [0.25, 0.3) is 10.1 Å². The van der Waals surface area contributed by atoms with Crippen LogP contribution in [0.3, 0.4) is 0 Å². The molecular formula is C20H22O6S. The maximum absolute atomic E-state index is 12.8. The van der Waals surface area contributed by atoms with Gasteiger partial charge in [-0.1, -0.05) is 54.6 Å². The molecule has 6 nitrogen and oxygen atoms in total. The Labute approximate surface area is 159 Å².